The normalized spacial score (nSPS) is 17.3. The van der Waals surface area contributed by atoms with Crippen molar-refractivity contribution in [1.29, 1.82) is 0 Å². The Morgan fingerprint density at radius 1 is 1.31 bits per heavy atom. The van der Waals surface area contributed by atoms with Crippen LogP contribution in [0.2, 0.25) is 0 Å². The molecule has 0 bridgehead atoms. The largest absolute Gasteiger partial charge is 0.495 e. The van der Waals surface area contributed by atoms with Crippen molar-refractivity contribution in [3.63, 3.8) is 0 Å². The lowest BCUT2D eigenvalue weighted by molar-refractivity contribution is -0.123. The number of ether oxygens (including phenoxy) is 1. The zero-order chi connectivity index (χ0) is 18.9. The monoisotopic (exact) mass is 361 g/mol. The van der Waals surface area contributed by atoms with Crippen LogP contribution in [-0.4, -0.2) is 58.2 Å². The van der Waals surface area contributed by atoms with Crippen LogP contribution >= 0.6 is 0 Å². The molecule has 1 unspecified atom stereocenters. The number of nitrogens with zero attached hydrogens (tertiary/aromatic N) is 2. The van der Waals surface area contributed by atoms with Crippen molar-refractivity contribution in [2.24, 2.45) is 10.9 Å². The molecule has 2 rings (SSSR count). The number of aliphatic imine (C=N–C) groups is 1. The van der Waals surface area contributed by atoms with Crippen LogP contribution in [0.3, 0.4) is 0 Å². The van der Waals surface area contributed by atoms with Crippen LogP contribution in [0.1, 0.15) is 20.3 Å². The number of rotatable bonds is 7. The van der Waals surface area contributed by atoms with E-state index < -0.39 is 0 Å². The van der Waals surface area contributed by atoms with Gasteiger partial charge in [0.05, 0.1) is 12.8 Å². The van der Waals surface area contributed by atoms with E-state index in [0.29, 0.717) is 19.1 Å². The summed E-state index contributed by atoms with van der Waals surface area (Å²) in [4.78, 5) is 18.2. The Morgan fingerprint density at radius 2 is 2.04 bits per heavy atom. The lowest BCUT2D eigenvalue weighted by Gasteiger charge is -2.22. The maximum absolute atomic E-state index is 11.6. The van der Waals surface area contributed by atoms with Crippen LogP contribution in [0.15, 0.2) is 29.3 Å². The topological polar surface area (TPSA) is 78.0 Å². The van der Waals surface area contributed by atoms with Gasteiger partial charge in [0, 0.05) is 45.2 Å². The van der Waals surface area contributed by atoms with Crippen molar-refractivity contribution >= 4 is 17.6 Å². The molecule has 1 fully saturated rings. The molecule has 0 aromatic heterocycles. The Morgan fingerprint density at radius 3 is 2.73 bits per heavy atom. The fraction of sp³-hybridized carbons (Fsp3) is 0.579. The Kier molecular flexibility index (Phi) is 7.56. The first-order valence-electron chi connectivity index (χ1n) is 9.18. The van der Waals surface area contributed by atoms with Crippen molar-refractivity contribution in [3.8, 4) is 5.75 Å². The van der Waals surface area contributed by atoms with E-state index in [9.17, 15) is 4.79 Å². The van der Waals surface area contributed by atoms with E-state index in [4.69, 9.17) is 4.74 Å². The molecule has 1 aliphatic heterocycles. The third kappa shape index (κ3) is 5.54. The summed E-state index contributed by atoms with van der Waals surface area (Å²) in [7, 11) is 3.46. The molecule has 1 aromatic rings. The van der Waals surface area contributed by atoms with Crippen LogP contribution in [0.5, 0.6) is 5.75 Å². The van der Waals surface area contributed by atoms with Gasteiger partial charge in [0.15, 0.2) is 5.96 Å². The fourth-order valence-corrected chi connectivity index (χ4v) is 2.95. The minimum absolute atomic E-state index is 0.00638. The van der Waals surface area contributed by atoms with Crippen LogP contribution in [0, 0.1) is 5.92 Å². The molecular weight excluding hydrogens is 330 g/mol. The van der Waals surface area contributed by atoms with Crippen molar-refractivity contribution in [1.82, 2.24) is 16.0 Å². The first kappa shape index (κ1) is 19.9. The highest BCUT2D eigenvalue weighted by Gasteiger charge is 2.25. The first-order chi connectivity index (χ1) is 12.5. The van der Waals surface area contributed by atoms with Crippen molar-refractivity contribution < 1.29 is 9.53 Å². The standard InChI is InChI=1S/C19H31N5O2/c1-14(2)18(25)21-10-11-22-19(20-3)23-15-9-12-24(13-15)16-7-5-6-8-17(16)26-4/h5-8,14-15H,9-13H2,1-4H3,(H,21,25)(H2,20,22,23). The number of guanidine groups is 1. The van der Waals surface area contributed by atoms with E-state index >= 15 is 0 Å². The van der Waals surface area contributed by atoms with Crippen LogP contribution in [-0.2, 0) is 4.79 Å². The highest BCUT2D eigenvalue weighted by Crippen LogP contribution is 2.30. The summed E-state index contributed by atoms with van der Waals surface area (Å²) in [5.41, 5.74) is 1.12. The Hall–Kier alpha value is -2.44. The number of para-hydroxylation sites is 2. The summed E-state index contributed by atoms with van der Waals surface area (Å²) in [5, 5.41) is 9.60. The molecule has 1 saturated heterocycles. The second kappa shape index (κ2) is 9.89. The summed E-state index contributed by atoms with van der Waals surface area (Å²) in [6, 6.07) is 8.41. The number of anilines is 1. The van der Waals surface area contributed by atoms with Gasteiger partial charge in [0.2, 0.25) is 5.91 Å². The van der Waals surface area contributed by atoms with Crippen LogP contribution < -0.4 is 25.6 Å². The summed E-state index contributed by atoms with van der Waals surface area (Å²) in [6.07, 6.45) is 1.03. The number of nitrogens with one attached hydrogen (secondary N) is 3. The number of hydrogen-bond donors (Lipinski definition) is 3. The molecule has 26 heavy (non-hydrogen) atoms. The molecule has 7 heteroatoms. The predicted octanol–water partition coefficient (Wildman–Crippen LogP) is 1.21. The average molecular weight is 361 g/mol. The molecule has 144 valence electrons. The second-order valence-electron chi connectivity index (χ2n) is 6.69. The second-order valence-corrected chi connectivity index (χ2v) is 6.69. The molecule has 0 aliphatic carbocycles. The number of carbonyl (C=O) groups excluding carboxylic acids is 1. The van der Waals surface area contributed by atoms with Crippen molar-refractivity contribution in [3.05, 3.63) is 24.3 Å². The van der Waals surface area contributed by atoms with Gasteiger partial charge >= 0.3 is 0 Å². The zero-order valence-corrected chi connectivity index (χ0v) is 16.2. The first-order valence-corrected chi connectivity index (χ1v) is 9.18. The van der Waals surface area contributed by atoms with E-state index in [-0.39, 0.29) is 11.8 Å². The summed E-state index contributed by atoms with van der Waals surface area (Å²) >= 11 is 0. The molecular formula is C19H31N5O2. The minimum atomic E-state index is 0.00638. The molecule has 1 aliphatic rings. The van der Waals surface area contributed by atoms with Crippen molar-refractivity contribution in [2.75, 3.05) is 45.2 Å². The van der Waals surface area contributed by atoms with Gasteiger partial charge in [-0.1, -0.05) is 26.0 Å². The summed E-state index contributed by atoms with van der Waals surface area (Å²) in [6.45, 7) is 6.86. The number of benzene rings is 1. The number of methoxy groups -OCH3 is 1. The number of carbonyl (C=O) groups is 1. The highest BCUT2D eigenvalue weighted by atomic mass is 16.5. The molecule has 0 spiro atoms. The molecule has 7 nitrogen and oxygen atoms in total. The Balaban J connectivity index is 1.78. The lowest BCUT2D eigenvalue weighted by Crippen LogP contribution is -2.46. The molecule has 0 saturated carbocycles. The Bertz CT molecular complexity index is 618. The minimum Gasteiger partial charge on any atom is -0.495 e. The quantitative estimate of drug-likeness (QED) is 0.387. The van der Waals surface area contributed by atoms with Gasteiger partial charge in [-0.25, -0.2) is 0 Å². The predicted molar refractivity (Wildman–Crippen MR) is 106 cm³/mol. The zero-order valence-electron chi connectivity index (χ0n) is 16.2. The summed E-state index contributed by atoms with van der Waals surface area (Å²) < 4.78 is 5.46. The van der Waals surface area contributed by atoms with Crippen LogP contribution in [0.25, 0.3) is 0 Å². The lowest BCUT2D eigenvalue weighted by atomic mass is 10.2. The van der Waals surface area contributed by atoms with Gasteiger partial charge in [-0.15, -0.1) is 0 Å². The van der Waals surface area contributed by atoms with Crippen LogP contribution in [0.4, 0.5) is 5.69 Å². The van der Waals surface area contributed by atoms with E-state index in [0.717, 1.165) is 36.9 Å². The van der Waals surface area contributed by atoms with E-state index in [2.05, 4.69) is 31.9 Å². The smallest absolute Gasteiger partial charge is 0.222 e. The van der Waals surface area contributed by atoms with E-state index in [1.807, 2.05) is 32.0 Å². The van der Waals surface area contributed by atoms with Gasteiger partial charge < -0.3 is 25.6 Å². The molecule has 1 amide bonds. The SMILES string of the molecule is CN=C(NCCNC(=O)C(C)C)NC1CCN(c2ccccc2OC)C1. The van der Waals surface area contributed by atoms with Gasteiger partial charge in [-0.05, 0) is 18.6 Å². The average Bonchev–Trinajstić information content (AvgIpc) is 3.12. The maximum atomic E-state index is 11.6. The van der Waals surface area contributed by atoms with Gasteiger partial charge in [0.1, 0.15) is 5.75 Å². The third-order valence-electron chi connectivity index (χ3n) is 4.42. The highest BCUT2D eigenvalue weighted by molar-refractivity contribution is 5.80. The number of amides is 1. The molecule has 3 N–H and O–H groups in total. The third-order valence-corrected chi connectivity index (χ3v) is 4.42. The van der Waals surface area contributed by atoms with Gasteiger partial charge in [-0.3, -0.25) is 9.79 Å². The van der Waals surface area contributed by atoms with E-state index in [1.54, 1.807) is 14.2 Å². The summed E-state index contributed by atoms with van der Waals surface area (Å²) in [5.74, 6) is 1.73. The van der Waals surface area contributed by atoms with Gasteiger partial charge in [-0.2, -0.15) is 0 Å². The molecule has 1 atom stereocenters. The maximum Gasteiger partial charge on any atom is 0.222 e. The van der Waals surface area contributed by atoms with Crippen molar-refractivity contribution in [2.45, 2.75) is 26.3 Å². The molecule has 0 radical (unpaired) electrons. The van der Waals surface area contributed by atoms with Gasteiger partial charge in [0.25, 0.3) is 0 Å². The number of hydrogen-bond acceptors (Lipinski definition) is 4. The fourth-order valence-electron chi connectivity index (χ4n) is 2.95. The molecule has 1 aromatic carbocycles. The Labute approximate surface area is 156 Å². The van der Waals surface area contributed by atoms with E-state index in [1.165, 1.54) is 0 Å². The molecule has 1 heterocycles.